The van der Waals surface area contributed by atoms with E-state index >= 15 is 0 Å². The summed E-state index contributed by atoms with van der Waals surface area (Å²) in [6.45, 7) is 4.52. The second kappa shape index (κ2) is 32.8. The van der Waals surface area contributed by atoms with Crippen LogP contribution in [0.5, 0.6) is 0 Å². The van der Waals surface area contributed by atoms with E-state index in [9.17, 15) is 25.2 Å². The molecule has 1 saturated heterocycles. The smallest absolute Gasteiger partial charge is 0.306 e. The van der Waals surface area contributed by atoms with Gasteiger partial charge < -0.3 is 39.4 Å². The fourth-order valence-corrected chi connectivity index (χ4v) is 6.18. The standard InChI is InChI=1S/C40H76O9/c1-3-5-7-9-11-13-15-16-17-18-20-22-24-26-28-30-46-32-34(33-47-40-39(45)38(44)37(43)35(31-41)49-40)48-36(42)29-27-25-23-21-19-14-12-10-8-6-4-2/h10,12,34-35,37-41,43-45H,3-9,11,13-33H2,1-2H3/b12-10-. The van der Waals surface area contributed by atoms with Gasteiger partial charge in [-0.15, -0.1) is 0 Å². The summed E-state index contributed by atoms with van der Waals surface area (Å²) < 4.78 is 22.7. The van der Waals surface area contributed by atoms with E-state index in [1.165, 1.54) is 103 Å². The number of carbonyl (C=O) groups is 1. The van der Waals surface area contributed by atoms with E-state index in [1.54, 1.807) is 0 Å². The molecule has 1 aliphatic heterocycles. The highest BCUT2D eigenvalue weighted by Gasteiger charge is 2.44. The summed E-state index contributed by atoms with van der Waals surface area (Å²) in [5.41, 5.74) is 0. The Balaban J connectivity index is 2.29. The number of hydrogen-bond acceptors (Lipinski definition) is 9. The van der Waals surface area contributed by atoms with Crippen LogP contribution in [0.2, 0.25) is 0 Å². The zero-order valence-electron chi connectivity index (χ0n) is 31.5. The van der Waals surface area contributed by atoms with Crippen LogP contribution in [0.3, 0.4) is 0 Å². The van der Waals surface area contributed by atoms with Crippen LogP contribution in [0.4, 0.5) is 0 Å². The summed E-state index contributed by atoms with van der Waals surface area (Å²) in [4.78, 5) is 12.7. The third-order valence-electron chi connectivity index (χ3n) is 9.43. The molecule has 0 aromatic rings. The second-order valence-corrected chi connectivity index (χ2v) is 14.1. The van der Waals surface area contributed by atoms with Gasteiger partial charge in [0.25, 0.3) is 0 Å². The maximum atomic E-state index is 12.7. The van der Waals surface area contributed by atoms with Crippen molar-refractivity contribution in [1.82, 2.24) is 0 Å². The Kier molecular flexibility index (Phi) is 30.8. The van der Waals surface area contributed by atoms with Crippen molar-refractivity contribution in [3.8, 4) is 0 Å². The monoisotopic (exact) mass is 701 g/mol. The number of esters is 1. The number of allylic oxidation sites excluding steroid dienone is 2. The molecule has 0 radical (unpaired) electrons. The van der Waals surface area contributed by atoms with E-state index in [2.05, 4.69) is 26.0 Å². The number of carbonyl (C=O) groups excluding carboxylic acids is 1. The van der Waals surface area contributed by atoms with Crippen LogP contribution in [-0.2, 0) is 23.7 Å². The van der Waals surface area contributed by atoms with Crippen LogP contribution >= 0.6 is 0 Å². The Hall–Kier alpha value is -1.07. The summed E-state index contributed by atoms with van der Waals surface area (Å²) in [7, 11) is 0. The summed E-state index contributed by atoms with van der Waals surface area (Å²) >= 11 is 0. The van der Waals surface area contributed by atoms with E-state index in [0.717, 1.165) is 51.4 Å². The lowest BCUT2D eigenvalue weighted by Crippen LogP contribution is -2.59. The number of aliphatic hydroxyl groups excluding tert-OH is 4. The first kappa shape index (κ1) is 46.0. The number of hydrogen-bond donors (Lipinski definition) is 4. The number of ether oxygens (including phenoxy) is 4. The van der Waals surface area contributed by atoms with Gasteiger partial charge >= 0.3 is 5.97 Å². The molecule has 0 amide bonds. The highest BCUT2D eigenvalue weighted by atomic mass is 16.7. The van der Waals surface area contributed by atoms with E-state index in [1.807, 2.05) is 0 Å². The molecule has 0 aliphatic carbocycles. The van der Waals surface area contributed by atoms with Crippen LogP contribution in [0, 0.1) is 0 Å². The van der Waals surface area contributed by atoms with Crippen molar-refractivity contribution in [1.29, 1.82) is 0 Å². The van der Waals surface area contributed by atoms with Crippen molar-refractivity contribution in [2.75, 3.05) is 26.4 Å². The lowest BCUT2D eigenvalue weighted by Gasteiger charge is -2.39. The van der Waals surface area contributed by atoms with E-state index < -0.39 is 43.4 Å². The van der Waals surface area contributed by atoms with E-state index in [-0.39, 0.29) is 19.2 Å². The first-order valence-corrected chi connectivity index (χ1v) is 20.3. The van der Waals surface area contributed by atoms with Gasteiger partial charge in [0, 0.05) is 13.0 Å². The molecule has 0 spiro atoms. The lowest BCUT2D eigenvalue weighted by atomic mass is 9.99. The molecule has 4 N–H and O–H groups in total. The minimum Gasteiger partial charge on any atom is -0.457 e. The summed E-state index contributed by atoms with van der Waals surface area (Å²) in [6.07, 6.45) is 26.6. The fourth-order valence-electron chi connectivity index (χ4n) is 6.18. The van der Waals surface area contributed by atoms with Crippen molar-refractivity contribution < 1.29 is 44.2 Å². The van der Waals surface area contributed by atoms with Crippen molar-refractivity contribution in [2.24, 2.45) is 0 Å². The third kappa shape index (κ3) is 24.7. The minimum absolute atomic E-state index is 0.112. The van der Waals surface area contributed by atoms with Crippen molar-refractivity contribution in [3.05, 3.63) is 12.2 Å². The van der Waals surface area contributed by atoms with Crippen LogP contribution in [0.25, 0.3) is 0 Å². The second-order valence-electron chi connectivity index (χ2n) is 14.1. The van der Waals surface area contributed by atoms with Crippen molar-refractivity contribution in [3.63, 3.8) is 0 Å². The Labute approximate surface area is 299 Å². The van der Waals surface area contributed by atoms with E-state index in [4.69, 9.17) is 18.9 Å². The minimum atomic E-state index is -1.53. The maximum absolute atomic E-state index is 12.7. The highest BCUT2D eigenvalue weighted by Crippen LogP contribution is 2.22. The zero-order valence-corrected chi connectivity index (χ0v) is 31.5. The lowest BCUT2D eigenvalue weighted by molar-refractivity contribution is -0.305. The summed E-state index contributed by atoms with van der Waals surface area (Å²) in [5.74, 6) is -0.322. The molecule has 1 aliphatic rings. The summed E-state index contributed by atoms with van der Waals surface area (Å²) in [6, 6.07) is 0. The van der Waals surface area contributed by atoms with Crippen LogP contribution in [0.1, 0.15) is 174 Å². The normalized spacial score (nSPS) is 21.8. The largest absolute Gasteiger partial charge is 0.457 e. The molecule has 1 fully saturated rings. The molecular formula is C40H76O9. The molecule has 6 atom stereocenters. The van der Waals surface area contributed by atoms with Gasteiger partial charge in [0.2, 0.25) is 0 Å². The topological polar surface area (TPSA) is 135 Å². The molecule has 0 aromatic carbocycles. The van der Waals surface area contributed by atoms with Gasteiger partial charge in [0.15, 0.2) is 6.29 Å². The molecule has 6 unspecified atom stereocenters. The van der Waals surface area contributed by atoms with Gasteiger partial charge in [-0.05, 0) is 32.1 Å². The Morgan fingerprint density at radius 1 is 0.633 bits per heavy atom. The average molecular weight is 701 g/mol. The quantitative estimate of drug-likeness (QED) is 0.0299. The first-order valence-electron chi connectivity index (χ1n) is 20.3. The van der Waals surface area contributed by atoms with Crippen LogP contribution in [-0.4, -0.2) is 89.6 Å². The Bertz CT molecular complexity index is 762. The Morgan fingerprint density at radius 2 is 1.14 bits per heavy atom. The third-order valence-corrected chi connectivity index (χ3v) is 9.43. The van der Waals surface area contributed by atoms with Crippen molar-refractivity contribution in [2.45, 2.75) is 211 Å². The molecule has 0 bridgehead atoms. The fraction of sp³-hybridized carbons (Fsp3) is 0.925. The van der Waals surface area contributed by atoms with Crippen molar-refractivity contribution >= 4 is 5.97 Å². The molecule has 1 heterocycles. The molecule has 290 valence electrons. The van der Waals surface area contributed by atoms with Gasteiger partial charge in [-0.1, -0.05) is 148 Å². The first-order chi connectivity index (χ1) is 23.9. The molecule has 0 aromatic heterocycles. The van der Waals surface area contributed by atoms with Gasteiger partial charge in [-0.25, -0.2) is 0 Å². The average Bonchev–Trinajstić information content (AvgIpc) is 3.10. The highest BCUT2D eigenvalue weighted by molar-refractivity contribution is 5.69. The predicted molar refractivity (Wildman–Crippen MR) is 196 cm³/mol. The van der Waals surface area contributed by atoms with E-state index in [0.29, 0.717) is 13.0 Å². The molecule has 1 rings (SSSR count). The van der Waals surface area contributed by atoms with Gasteiger partial charge in [0.1, 0.15) is 30.5 Å². The zero-order chi connectivity index (χ0) is 35.8. The SMILES string of the molecule is CCCC/C=C\CCCCCCCC(=O)OC(COCCCCCCCCCCCCCCCCC)COC1OC(CO)C(O)C(O)C1O. The number of rotatable bonds is 34. The Morgan fingerprint density at radius 3 is 1.71 bits per heavy atom. The molecule has 9 nitrogen and oxygen atoms in total. The van der Waals surface area contributed by atoms with Crippen LogP contribution in [0.15, 0.2) is 12.2 Å². The van der Waals surface area contributed by atoms with Crippen LogP contribution < -0.4 is 0 Å². The van der Waals surface area contributed by atoms with Gasteiger partial charge in [-0.2, -0.15) is 0 Å². The van der Waals surface area contributed by atoms with Gasteiger partial charge in [-0.3, -0.25) is 4.79 Å². The summed E-state index contributed by atoms with van der Waals surface area (Å²) in [5, 5.41) is 39.9. The molecule has 9 heteroatoms. The molecule has 49 heavy (non-hydrogen) atoms. The maximum Gasteiger partial charge on any atom is 0.306 e. The molecular weight excluding hydrogens is 624 g/mol. The number of aliphatic hydroxyl groups is 4. The predicted octanol–water partition coefficient (Wildman–Crippen LogP) is 8.08. The molecule has 0 saturated carbocycles. The van der Waals surface area contributed by atoms with Gasteiger partial charge in [0.05, 0.1) is 19.8 Å². The number of unbranched alkanes of at least 4 members (excludes halogenated alkanes) is 21.